The monoisotopic (exact) mass is 613 g/mol. The van der Waals surface area contributed by atoms with Crippen molar-refractivity contribution < 1.29 is 40.7 Å². The lowest BCUT2D eigenvalue weighted by Crippen LogP contribution is -2.49. The molecular formula is C31H37F6N3O3. The van der Waals surface area contributed by atoms with Crippen LogP contribution in [0.4, 0.5) is 31.1 Å². The van der Waals surface area contributed by atoms with E-state index in [0.717, 1.165) is 5.56 Å². The number of benzene rings is 2. The van der Waals surface area contributed by atoms with Gasteiger partial charge in [-0.3, -0.25) is 4.79 Å². The first-order valence-corrected chi connectivity index (χ1v) is 14.4. The number of amides is 3. The number of piperidine rings is 1. The summed E-state index contributed by atoms with van der Waals surface area (Å²) in [4.78, 5) is 28.8. The lowest BCUT2D eigenvalue weighted by atomic mass is 9.83. The molecule has 0 radical (unpaired) electrons. The van der Waals surface area contributed by atoms with Gasteiger partial charge in [-0.15, -0.1) is 0 Å². The molecule has 2 aliphatic rings. The molecule has 2 aromatic carbocycles. The zero-order valence-corrected chi connectivity index (χ0v) is 24.3. The van der Waals surface area contributed by atoms with Gasteiger partial charge in [0.1, 0.15) is 0 Å². The molecule has 43 heavy (non-hydrogen) atoms. The Morgan fingerprint density at radius 2 is 1.49 bits per heavy atom. The van der Waals surface area contributed by atoms with Crippen LogP contribution in [-0.2, 0) is 21.9 Å². The third-order valence-corrected chi connectivity index (χ3v) is 8.36. The molecule has 0 spiro atoms. The lowest BCUT2D eigenvalue weighted by Gasteiger charge is -2.42. The average molecular weight is 614 g/mol. The maximum atomic E-state index is 13.6. The molecule has 2 fully saturated rings. The molecule has 1 N–H and O–H groups in total. The highest BCUT2D eigenvalue weighted by Crippen LogP contribution is 2.40. The standard InChI is InChI=1S/C31H37F6N3O3/c1-19(22-15-23(30(32,33)34)17-24(16-22)31(35,36)37)43-27-13-14-40(18-26(27)20-7-5-4-6-8-20)28(41)21-9-11-25(12-10-21)38-29(42)39(2)3/h4-8,15-17,19,21,25-27H,9-14,18H2,1-3H3,(H,38,42)/t19?,21-,25-,26?,27?. The molecule has 0 aromatic heterocycles. The Hall–Kier alpha value is -3.28. The third-order valence-electron chi connectivity index (χ3n) is 8.36. The summed E-state index contributed by atoms with van der Waals surface area (Å²) >= 11 is 0. The molecule has 12 heteroatoms. The van der Waals surface area contributed by atoms with Crippen LogP contribution in [0.15, 0.2) is 48.5 Å². The molecule has 0 bridgehead atoms. The summed E-state index contributed by atoms with van der Waals surface area (Å²) in [5.41, 5.74) is -2.12. The van der Waals surface area contributed by atoms with Gasteiger partial charge < -0.3 is 19.9 Å². The summed E-state index contributed by atoms with van der Waals surface area (Å²) < 4.78 is 86.9. The highest BCUT2D eigenvalue weighted by molar-refractivity contribution is 5.79. The maximum Gasteiger partial charge on any atom is 0.416 e. The average Bonchev–Trinajstić information content (AvgIpc) is 2.96. The van der Waals surface area contributed by atoms with Gasteiger partial charge in [-0.05, 0) is 68.4 Å². The number of ether oxygens (including phenoxy) is 1. The van der Waals surface area contributed by atoms with Crippen molar-refractivity contribution in [2.75, 3.05) is 27.2 Å². The minimum absolute atomic E-state index is 0.00495. The second kappa shape index (κ2) is 13.2. The van der Waals surface area contributed by atoms with E-state index in [1.54, 1.807) is 19.0 Å². The Balaban J connectivity index is 1.48. The molecule has 236 valence electrons. The number of hydrogen-bond acceptors (Lipinski definition) is 3. The van der Waals surface area contributed by atoms with Crippen molar-refractivity contribution in [1.29, 1.82) is 0 Å². The number of carbonyl (C=O) groups is 2. The molecule has 1 saturated heterocycles. The second-order valence-corrected chi connectivity index (χ2v) is 11.6. The molecule has 4 rings (SSSR count). The van der Waals surface area contributed by atoms with Crippen LogP contribution in [0.2, 0.25) is 0 Å². The summed E-state index contributed by atoms with van der Waals surface area (Å²) in [6.45, 7) is 2.11. The molecule has 3 unspecified atom stereocenters. The van der Waals surface area contributed by atoms with E-state index in [4.69, 9.17) is 4.74 Å². The van der Waals surface area contributed by atoms with Crippen LogP contribution in [0.5, 0.6) is 0 Å². The zero-order valence-electron chi connectivity index (χ0n) is 24.3. The minimum atomic E-state index is -4.95. The number of urea groups is 1. The minimum Gasteiger partial charge on any atom is -0.370 e. The summed E-state index contributed by atoms with van der Waals surface area (Å²) in [5, 5.41) is 2.97. The Kier molecular flexibility index (Phi) is 9.98. The predicted octanol–water partition coefficient (Wildman–Crippen LogP) is 7.02. The largest absolute Gasteiger partial charge is 0.416 e. The lowest BCUT2D eigenvalue weighted by molar-refractivity contribution is -0.143. The van der Waals surface area contributed by atoms with Gasteiger partial charge in [0.05, 0.1) is 23.3 Å². The van der Waals surface area contributed by atoms with Crippen molar-refractivity contribution in [2.24, 2.45) is 5.92 Å². The van der Waals surface area contributed by atoms with Gasteiger partial charge in [0.15, 0.2) is 0 Å². The van der Waals surface area contributed by atoms with Crippen molar-refractivity contribution in [3.8, 4) is 0 Å². The fraction of sp³-hybridized carbons (Fsp3) is 0.548. The summed E-state index contributed by atoms with van der Waals surface area (Å²) in [6, 6.07) is 10.6. The van der Waals surface area contributed by atoms with Crippen LogP contribution < -0.4 is 5.32 Å². The van der Waals surface area contributed by atoms with Crippen LogP contribution in [-0.4, -0.2) is 61.1 Å². The van der Waals surface area contributed by atoms with Gasteiger partial charge in [0.25, 0.3) is 0 Å². The number of hydrogen-bond donors (Lipinski definition) is 1. The van der Waals surface area contributed by atoms with E-state index >= 15 is 0 Å². The Bertz CT molecular complexity index is 1230. The Morgan fingerprint density at radius 3 is 2.02 bits per heavy atom. The second-order valence-electron chi connectivity index (χ2n) is 11.6. The van der Waals surface area contributed by atoms with Gasteiger partial charge in [-0.25, -0.2) is 4.79 Å². The van der Waals surface area contributed by atoms with E-state index < -0.39 is 35.7 Å². The number of nitrogens with zero attached hydrogens (tertiary/aromatic N) is 2. The molecule has 3 atom stereocenters. The van der Waals surface area contributed by atoms with E-state index in [1.807, 2.05) is 30.3 Å². The molecule has 6 nitrogen and oxygen atoms in total. The summed E-state index contributed by atoms with van der Waals surface area (Å²) in [6.07, 6.45) is -8.49. The Morgan fingerprint density at radius 1 is 0.907 bits per heavy atom. The van der Waals surface area contributed by atoms with Gasteiger partial charge in [-0.2, -0.15) is 26.3 Å². The SMILES string of the molecule is CC(OC1CCN(C(=O)[C@H]2CC[C@H](NC(=O)N(C)C)CC2)CC1c1ccccc1)c1cc(C(F)(F)F)cc(C(F)(F)F)c1. The molecule has 1 aliphatic carbocycles. The van der Waals surface area contributed by atoms with E-state index in [2.05, 4.69) is 5.32 Å². The summed E-state index contributed by atoms with van der Waals surface area (Å²) in [7, 11) is 3.34. The third kappa shape index (κ3) is 8.21. The zero-order chi connectivity index (χ0) is 31.5. The molecule has 1 saturated carbocycles. The quantitative estimate of drug-likeness (QED) is 0.357. The number of halogens is 6. The van der Waals surface area contributed by atoms with Gasteiger partial charge in [0, 0.05) is 45.1 Å². The first-order chi connectivity index (χ1) is 20.1. The number of likely N-dealkylation sites (tertiary alicyclic amines) is 1. The first kappa shape index (κ1) is 32.6. The first-order valence-electron chi connectivity index (χ1n) is 14.4. The van der Waals surface area contributed by atoms with Crippen LogP contribution in [0.3, 0.4) is 0 Å². The van der Waals surface area contributed by atoms with E-state index in [1.165, 1.54) is 11.8 Å². The molecule has 2 aromatic rings. The number of nitrogens with one attached hydrogen (secondary N) is 1. The number of carbonyl (C=O) groups excluding carboxylic acids is 2. The van der Waals surface area contributed by atoms with Crippen molar-refractivity contribution in [2.45, 2.75) is 75.5 Å². The summed E-state index contributed by atoms with van der Waals surface area (Å²) in [5.74, 6) is -0.506. The fourth-order valence-electron chi connectivity index (χ4n) is 5.91. The van der Waals surface area contributed by atoms with Crippen LogP contribution >= 0.6 is 0 Å². The number of rotatable bonds is 6. The molecule has 1 aliphatic heterocycles. The highest BCUT2D eigenvalue weighted by Gasteiger charge is 2.40. The van der Waals surface area contributed by atoms with Crippen molar-refractivity contribution in [3.05, 3.63) is 70.8 Å². The molecule has 3 amide bonds. The predicted molar refractivity (Wildman–Crippen MR) is 148 cm³/mol. The Labute approximate surface area is 247 Å². The van der Waals surface area contributed by atoms with Crippen molar-refractivity contribution in [1.82, 2.24) is 15.1 Å². The van der Waals surface area contributed by atoms with Crippen molar-refractivity contribution in [3.63, 3.8) is 0 Å². The van der Waals surface area contributed by atoms with Gasteiger partial charge in [0.2, 0.25) is 5.91 Å². The molecular weight excluding hydrogens is 576 g/mol. The highest BCUT2D eigenvalue weighted by atomic mass is 19.4. The van der Waals surface area contributed by atoms with Gasteiger partial charge >= 0.3 is 18.4 Å². The van der Waals surface area contributed by atoms with Crippen molar-refractivity contribution >= 4 is 11.9 Å². The maximum absolute atomic E-state index is 13.6. The fourth-order valence-corrected chi connectivity index (χ4v) is 5.91. The smallest absolute Gasteiger partial charge is 0.370 e. The van der Waals surface area contributed by atoms with E-state index in [9.17, 15) is 35.9 Å². The van der Waals surface area contributed by atoms with E-state index in [-0.39, 0.29) is 41.4 Å². The number of alkyl halides is 6. The normalized spacial score (nSPS) is 23.9. The topological polar surface area (TPSA) is 61.9 Å². The van der Waals surface area contributed by atoms with Crippen LogP contribution in [0, 0.1) is 5.92 Å². The molecule has 1 heterocycles. The van der Waals surface area contributed by atoms with Crippen LogP contribution in [0.1, 0.15) is 73.3 Å². The van der Waals surface area contributed by atoms with Gasteiger partial charge in [-0.1, -0.05) is 30.3 Å². The van der Waals surface area contributed by atoms with E-state index in [0.29, 0.717) is 57.3 Å². The van der Waals surface area contributed by atoms with Crippen LogP contribution in [0.25, 0.3) is 0 Å².